The van der Waals surface area contributed by atoms with Crippen LogP contribution in [0.2, 0.25) is 0 Å². The molecular weight excluding hydrogens is 326 g/mol. The molecule has 25 heavy (non-hydrogen) atoms. The zero-order valence-corrected chi connectivity index (χ0v) is 14.0. The molecule has 0 unspecified atom stereocenters. The Morgan fingerprint density at radius 3 is 2.32 bits per heavy atom. The number of nitrogens with zero attached hydrogens (tertiary/aromatic N) is 1. The molecule has 0 bridgehead atoms. The van der Waals surface area contributed by atoms with Crippen LogP contribution < -0.4 is 4.90 Å². The van der Waals surface area contributed by atoms with E-state index in [4.69, 9.17) is 9.47 Å². The minimum absolute atomic E-state index is 0.000483. The number of hydrogen-bond acceptors (Lipinski definition) is 6. The summed E-state index contributed by atoms with van der Waals surface area (Å²) < 4.78 is 9.55. The van der Waals surface area contributed by atoms with E-state index in [-0.39, 0.29) is 16.8 Å². The van der Waals surface area contributed by atoms with Crippen molar-refractivity contribution in [3.63, 3.8) is 0 Å². The van der Waals surface area contributed by atoms with Gasteiger partial charge in [0.05, 0.1) is 25.4 Å². The number of carbonyl (C=O) groups is 3. The van der Waals surface area contributed by atoms with Crippen molar-refractivity contribution in [2.24, 2.45) is 0 Å². The number of carbonyl (C=O) groups excluding carboxylic acids is 2. The number of anilines is 1. The first-order valence-corrected chi connectivity index (χ1v) is 7.29. The molecule has 1 aliphatic heterocycles. The lowest BCUT2D eigenvalue weighted by molar-refractivity contribution is -0.139. The molecule has 1 heterocycles. The minimum Gasteiger partial charge on any atom is -0.478 e. The fourth-order valence-corrected chi connectivity index (χ4v) is 2.35. The van der Waals surface area contributed by atoms with Crippen molar-refractivity contribution in [1.29, 1.82) is 0 Å². The Morgan fingerprint density at radius 1 is 1.04 bits per heavy atom. The molecule has 130 valence electrons. The maximum absolute atomic E-state index is 12.4. The van der Waals surface area contributed by atoms with E-state index in [1.165, 1.54) is 37.3 Å². The maximum atomic E-state index is 12.4. The average Bonchev–Trinajstić information content (AvgIpc) is 2.83. The van der Waals surface area contributed by atoms with Crippen LogP contribution in [0.1, 0.15) is 15.9 Å². The molecule has 0 radical (unpaired) electrons. The van der Waals surface area contributed by atoms with Crippen LogP contribution in [0.5, 0.6) is 0 Å². The summed E-state index contributed by atoms with van der Waals surface area (Å²) in [7, 11) is 2.40. The monoisotopic (exact) mass is 343 g/mol. The Labute approximate surface area is 144 Å². The van der Waals surface area contributed by atoms with Gasteiger partial charge in [0.1, 0.15) is 5.70 Å². The average molecular weight is 343 g/mol. The van der Waals surface area contributed by atoms with Gasteiger partial charge in [-0.25, -0.2) is 14.4 Å². The summed E-state index contributed by atoms with van der Waals surface area (Å²) in [6.45, 7) is 1.76. The highest BCUT2D eigenvalue weighted by atomic mass is 16.5. The molecule has 7 nitrogen and oxygen atoms in total. The first-order valence-electron chi connectivity index (χ1n) is 7.29. The van der Waals surface area contributed by atoms with Gasteiger partial charge in [-0.2, -0.15) is 0 Å². The number of benzene rings is 1. The second kappa shape index (κ2) is 7.48. The van der Waals surface area contributed by atoms with Crippen LogP contribution in [0.15, 0.2) is 53.9 Å². The number of carboxylic acid groups (broad SMARTS) is 1. The molecule has 7 heteroatoms. The molecule has 0 saturated heterocycles. The van der Waals surface area contributed by atoms with Crippen LogP contribution in [0, 0.1) is 6.92 Å². The molecule has 1 aromatic carbocycles. The molecule has 0 saturated carbocycles. The van der Waals surface area contributed by atoms with Crippen molar-refractivity contribution in [2.75, 3.05) is 19.1 Å². The fraction of sp³-hybridized carbons (Fsp3) is 0.167. The number of ether oxygens (including phenoxy) is 2. The Hall–Kier alpha value is -3.35. The summed E-state index contributed by atoms with van der Waals surface area (Å²) in [4.78, 5) is 37.1. The first kappa shape index (κ1) is 18.0. The van der Waals surface area contributed by atoms with Crippen molar-refractivity contribution in [2.45, 2.75) is 6.92 Å². The number of aromatic carboxylic acids is 1. The lowest BCUT2D eigenvalue weighted by Crippen LogP contribution is -2.27. The van der Waals surface area contributed by atoms with Gasteiger partial charge in [0, 0.05) is 11.9 Å². The van der Waals surface area contributed by atoms with Crippen molar-refractivity contribution in [1.82, 2.24) is 0 Å². The normalized spacial score (nSPS) is 13.5. The summed E-state index contributed by atoms with van der Waals surface area (Å²) in [6.07, 6.45) is 6.18. The second-order valence-corrected chi connectivity index (χ2v) is 5.12. The van der Waals surface area contributed by atoms with Crippen LogP contribution in [-0.2, 0) is 19.1 Å². The van der Waals surface area contributed by atoms with Crippen molar-refractivity contribution < 1.29 is 29.0 Å². The summed E-state index contributed by atoms with van der Waals surface area (Å²) in [5.74, 6) is -2.57. The van der Waals surface area contributed by atoms with Crippen molar-refractivity contribution in [3.8, 4) is 0 Å². The SMILES string of the molecule is COC(=O)C1=C(C(=O)OC)N(c2cc(C(=O)O)ccc2C)C=CC=C1. The van der Waals surface area contributed by atoms with E-state index >= 15 is 0 Å². The predicted molar refractivity (Wildman–Crippen MR) is 90.0 cm³/mol. The summed E-state index contributed by atoms with van der Waals surface area (Å²) in [6, 6.07) is 4.51. The van der Waals surface area contributed by atoms with Gasteiger partial charge in [-0.05, 0) is 36.8 Å². The van der Waals surface area contributed by atoms with Crippen LogP contribution in [0.25, 0.3) is 0 Å². The van der Waals surface area contributed by atoms with Gasteiger partial charge in [0.25, 0.3) is 0 Å². The zero-order valence-electron chi connectivity index (χ0n) is 14.0. The molecule has 0 atom stereocenters. The topological polar surface area (TPSA) is 93.1 Å². The fourth-order valence-electron chi connectivity index (χ4n) is 2.35. The molecule has 1 aromatic rings. The molecule has 2 rings (SSSR count). The van der Waals surface area contributed by atoms with Crippen LogP contribution in [0.4, 0.5) is 5.69 Å². The Bertz CT molecular complexity index is 819. The van der Waals surface area contributed by atoms with Gasteiger partial charge < -0.3 is 19.5 Å². The highest BCUT2D eigenvalue weighted by Gasteiger charge is 2.28. The summed E-state index contributed by atoms with van der Waals surface area (Å²) in [5.41, 5.74) is 1.13. The summed E-state index contributed by atoms with van der Waals surface area (Å²) >= 11 is 0. The molecule has 0 aliphatic carbocycles. The number of allylic oxidation sites excluding steroid dienone is 2. The van der Waals surface area contributed by atoms with Gasteiger partial charge >= 0.3 is 17.9 Å². The van der Waals surface area contributed by atoms with E-state index in [2.05, 4.69) is 0 Å². The minimum atomic E-state index is -1.10. The van der Waals surface area contributed by atoms with E-state index in [0.717, 1.165) is 0 Å². The lowest BCUT2D eigenvalue weighted by Gasteiger charge is -2.25. The molecule has 1 aliphatic rings. The predicted octanol–water partition coefficient (Wildman–Crippen LogP) is 2.18. The number of hydrogen-bond donors (Lipinski definition) is 1. The van der Waals surface area contributed by atoms with E-state index in [9.17, 15) is 19.5 Å². The largest absolute Gasteiger partial charge is 0.478 e. The smallest absolute Gasteiger partial charge is 0.355 e. The Morgan fingerprint density at radius 2 is 1.72 bits per heavy atom. The van der Waals surface area contributed by atoms with Crippen LogP contribution in [-0.4, -0.2) is 37.2 Å². The molecule has 1 N–H and O–H groups in total. The maximum Gasteiger partial charge on any atom is 0.355 e. The quantitative estimate of drug-likeness (QED) is 0.838. The molecule has 0 amide bonds. The van der Waals surface area contributed by atoms with E-state index in [1.54, 1.807) is 31.3 Å². The second-order valence-electron chi connectivity index (χ2n) is 5.12. The van der Waals surface area contributed by atoms with Crippen LogP contribution >= 0.6 is 0 Å². The molecular formula is C18H17NO6. The third-order valence-corrected chi connectivity index (χ3v) is 3.60. The van der Waals surface area contributed by atoms with Gasteiger partial charge in [0.15, 0.2) is 0 Å². The number of aryl methyl sites for hydroxylation is 1. The molecule has 0 aromatic heterocycles. The third kappa shape index (κ3) is 3.60. The third-order valence-electron chi connectivity index (χ3n) is 3.60. The van der Waals surface area contributed by atoms with E-state index < -0.39 is 17.9 Å². The number of methoxy groups -OCH3 is 2. The Balaban J connectivity index is 2.73. The molecule has 0 spiro atoms. The number of esters is 2. The molecule has 0 fully saturated rings. The Kier molecular flexibility index (Phi) is 5.38. The van der Waals surface area contributed by atoms with E-state index in [1.807, 2.05) is 0 Å². The standard InChI is InChI=1S/C18H17NO6/c1-11-7-8-12(16(20)21)10-14(11)19-9-5-4-6-13(17(22)24-2)15(19)18(23)25-3/h4-10H,1-3H3,(H,20,21). The van der Waals surface area contributed by atoms with Gasteiger partial charge in [0.2, 0.25) is 0 Å². The van der Waals surface area contributed by atoms with Gasteiger partial charge in [-0.15, -0.1) is 0 Å². The zero-order chi connectivity index (χ0) is 18.6. The van der Waals surface area contributed by atoms with Crippen LogP contribution in [0.3, 0.4) is 0 Å². The highest BCUT2D eigenvalue weighted by molar-refractivity contribution is 6.05. The lowest BCUT2D eigenvalue weighted by atomic mass is 10.1. The summed E-state index contributed by atoms with van der Waals surface area (Å²) in [5, 5.41) is 9.23. The van der Waals surface area contributed by atoms with Gasteiger partial charge in [-0.1, -0.05) is 12.1 Å². The highest BCUT2D eigenvalue weighted by Crippen LogP contribution is 2.29. The number of carboxylic acids is 1. The van der Waals surface area contributed by atoms with E-state index in [0.29, 0.717) is 11.3 Å². The van der Waals surface area contributed by atoms with Crippen molar-refractivity contribution in [3.05, 3.63) is 65.0 Å². The number of rotatable bonds is 4. The van der Waals surface area contributed by atoms with Gasteiger partial charge in [-0.3, -0.25) is 0 Å². The first-order chi connectivity index (χ1) is 11.9. The van der Waals surface area contributed by atoms with Crippen molar-refractivity contribution >= 4 is 23.6 Å².